The molecule has 0 saturated carbocycles. The van der Waals surface area contributed by atoms with Crippen LogP contribution in [0.3, 0.4) is 0 Å². The number of ether oxygens (including phenoxy) is 4. The van der Waals surface area contributed by atoms with Crippen LogP contribution in [-0.4, -0.2) is 74.0 Å². The van der Waals surface area contributed by atoms with Gasteiger partial charge in [-0.25, -0.2) is 9.59 Å². The van der Waals surface area contributed by atoms with E-state index in [1.165, 1.54) is 0 Å². The first-order valence-electron chi connectivity index (χ1n) is 14.9. The molecule has 45 heavy (non-hydrogen) atoms. The fraction of sp³-hybridized carbons (Fsp3) is 0.533. The molecule has 4 rings (SSSR count). The minimum Gasteiger partial charge on any atom is -0.494 e. The van der Waals surface area contributed by atoms with Crippen LogP contribution in [0.5, 0.6) is 11.5 Å². The molecule has 0 spiro atoms. The number of amides is 2. The van der Waals surface area contributed by atoms with Gasteiger partial charge in [0.25, 0.3) is 0 Å². The van der Waals surface area contributed by atoms with Gasteiger partial charge in [-0.05, 0) is 84.7 Å². The Labute approximate surface area is 273 Å². The van der Waals surface area contributed by atoms with Crippen molar-refractivity contribution in [2.24, 2.45) is 0 Å². The average molecular weight is 693 g/mol. The topological polar surface area (TPSA) is 154 Å². The number of fused-ring (bicyclic) bond motifs is 2. The highest BCUT2D eigenvalue weighted by Gasteiger charge is 2.40. The van der Waals surface area contributed by atoms with E-state index in [2.05, 4.69) is 26.6 Å². The van der Waals surface area contributed by atoms with Gasteiger partial charge in [-0.1, -0.05) is 28.1 Å². The minimum absolute atomic E-state index is 0.188. The molecule has 2 aliphatic rings. The first kappa shape index (κ1) is 36.5. The highest BCUT2D eigenvalue weighted by Crippen LogP contribution is 2.33. The number of benzene rings is 2. The van der Waals surface area contributed by atoms with Gasteiger partial charge >= 0.3 is 26.4 Å². The number of nitrogens with one attached hydrogen (secondary N) is 2. The van der Waals surface area contributed by atoms with Gasteiger partial charge in [-0.3, -0.25) is 0 Å². The molecule has 0 bridgehead atoms. The van der Waals surface area contributed by atoms with Crippen molar-refractivity contribution in [2.75, 3.05) is 26.3 Å². The summed E-state index contributed by atoms with van der Waals surface area (Å²) in [4.78, 5) is 23.5. The molecule has 0 radical (unpaired) electrons. The SMILES string of the molecule is CCOc1ccc(Br)c2c1B(O)O[C@@H]2CNC(=O)OC(C)(C)C.CCOc1cccc2c1B(O)O[C@@H]2CNC(=O)OC(C)(C)C. The van der Waals surface area contributed by atoms with Crippen LogP contribution < -0.4 is 31.0 Å². The van der Waals surface area contributed by atoms with Gasteiger partial charge in [0.15, 0.2) is 0 Å². The Morgan fingerprint density at radius 2 is 1.29 bits per heavy atom. The molecule has 2 aromatic rings. The van der Waals surface area contributed by atoms with Gasteiger partial charge in [0, 0.05) is 28.5 Å². The summed E-state index contributed by atoms with van der Waals surface area (Å²) in [6.07, 6.45) is -1.96. The lowest BCUT2D eigenvalue weighted by molar-refractivity contribution is 0.0489. The lowest BCUT2D eigenvalue weighted by Gasteiger charge is -2.21. The summed E-state index contributed by atoms with van der Waals surface area (Å²) in [5, 5.41) is 25.6. The van der Waals surface area contributed by atoms with Gasteiger partial charge in [0.2, 0.25) is 0 Å². The predicted octanol–water partition coefficient (Wildman–Crippen LogP) is 3.50. The number of rotatable bonds is 8. The van der Waals surface area contributed by atoms with Crippen LogP contribution in [0, 0.1) is 0 Å². The number of halogens is 1. The summed E-state index contributed by atoms with van der Waals surface area (Å²) in [7, 11) is -2.14. The molecule has 0 unspecified atom stereocenters. The molecule has 2 aliphatic heterocycles. The van der Waals surface area contributed by atoms with Crippen molar-refractivity contribution < 1.29 is 47.9 Å². The summed E-state index contributed by atoms with van der Waals surface area (Å²) in [6, 6.07) is 9.11. The Balaban J connectivity index is 0.000000246. The van der Waals surface area contributed by atoms with Crippen molar-refractivity contribution in [3.8, 4) is 11.5 Å². The van der Waals surface area contributed by atoms with E-state index in [1.807, 2.05) is 32.0 Å². The average Bonchev–Trinajstić information content (AvgIpc) is 3.44. The van der Waals surface area contributed by atoms with E-state index in [1.54, 1.807) is 53.7 Å². The van der Waals surface area contributed by atoms with Crippen molar-refractivity contribution in [3.63, 3.8) is 0 Å². The molecule has 0 aromatic heterocycles. The van der Waals surface area contributed by atoms with Crippen LogP contribution >= 0.6 is 15.9 Å². The zero-order valence-corrected chi connectivity index (χ0v) is 28.6. The number of carbonyl (C=O) groups excluding carboxylic acids is 2. The lowest BCUT2D eigenvalue weighted by atomic mass is 9.78. The summed E-state index contributed by atoms with van der Waals surface area (Å²) in [5.41, 5.74) is 1.69. The molecule has 2 heterocycles. The molecule has 12 nitrogen and oxygen atoms in total. The van der Waals surface area contributed by atoms with Crippen LogP contribution in [0.15, 0.2) is 34.8 Å². The minimum atomic E-state index is -1.09. The Morgan fingerprint density at radius 1 is 0.800 bits per heavy atom. The maximum Gasteiger partial charge on any atom is 0.495 e. The molecule has 0 aliphatic carbocycles. The number of hydrogen-bond acceptors (Lipinski definition) is 10. The standard InChI is InChI=1S/C15H21BBrNO5.C15H22BNO5/c1-5-21-10-7-6-9(17)12-11(23-16(20)13(10)12)8-18-14(19)22-15(2,3)4;1-5-20-11-8-6-7-10-12(22-16(19)13(10)11)9-17-14(18)21-15(2,3)4/h6-7,11,20H,5,8H2,1-4H3,(H,18,19);6-8,12,19H,5,9H2,1-4H3,(H,17,18)/t11-;12-/m11/s1. The summed E-state index contributed by atoms with van der Waals surface area (Å²) < 4.78 is 33.3. The zero-order chi connectivity index (χ0) is 33.5. The smallest absolute Gasteiger partial charge is 0.494 e. The van der Waals surface area contributed by atoms with Crippen molar-refractivity contribution in [1.29, 1.82) is 0 Å². The molecule has 4 N–H and O–H groups in total. The summed E-state index contributed by atoms with van der Waals surface area (Å²) in [6.45, 7) is 15.9. The Hall–Kier alpha value is -2.97. The fourth-order valence-corrected chi connectivity index (χ4v) is 5.32. The van der Waals surface area contributed by atoms with E-state index >= 15 is 0 Å². The van der Waals surface area contributed by atoms with Crippen LogP contribution in [0.4, 0.5) is 9.59 Å². The monoisotopic (exact) mass is 692 g/mol. The molecule has 0 fully saturated rings. The second-order valence-corrected chi connectivity index (χ2v) is 13.1. The normalized spacial score (nSPS) is 17.0. The van der Waals surface area contributed by atoms with Crippen molar-refractivity contribution in [1.82, 2.24) is 10.6 Å². The van der Waals surface area contributed by atoms with E-state index in [0.717, 1.165) is 15.6 Å². The molecule has 15 heteroatoms. The Bertz CT molecular complexity index is 1340. The first-order chi connectivity index (χ1) is 21.0. The zero-order valence-electron chi connectivity index (χ0n) is 27.1. The summed E-state index contributed by atoms with van der Waals surface area (Å²) in [5.74, 6) is 1.19. The molecule has 2 aromatic carbocycles. The number of hydrogen-bond donors (Lipinski definition) is 4. The van der Waals surface area contributed by atoms with Crippen molar-refractivity contribution in [3.05, 3.63) is 45.9 Å². The van der Waals surface area contributed by atoms with Crippen LogP contribution in [0.25, 0.3) is 0 Å². The van der Waals surface area contributed by atoms with Crippen molar-refractivity contribution in [2.45, 2.75) is 78.8 Å². The van der Waals surface area contributed by atoms with E-state index in [-0.39, 0.29) is 13.1 Å². The highest BCUT2D eigenvalue weighted by molar-refractivity contribution is 9.10. The van der Waals surface area contributed by atoms with Gasteiger partial charge in [-0.15, -0.1) is 0 Å². The Morgan fingerprint density at radius 3 is 1.82 bits per heavy atom. The molecule has 2 amide bonds. The van der Waals surface area contributed by atoms with Gasteiger partial charge in [0.1, 0.15) is 22.7 Å². The number of carbonyl (C=O) groups is 2. The molecule has 246 valence electrons. The fourth-order valence-electron chi connectivity index (χ4n) is 4.72. The maximum absolute atomic E-state index is 11.8. The van der Waals surface area contributed by atoms with E-state index in [0.29, 0.717) is 35.6 Å². The largest absolute Gasteiger partial charge is 0.495 e. The third-order valence-electron chi connectivity index (χ3n) is 6.30. The van der Waals surface area contributed by atoms with E-state index in [4.69, 9.17) is 28.3 Å². The third kappa shape index (κ3) is 10.3. The third-order valence-corrected chi connectivity index (χ3v) is 7.00. The first-order valence-corrected chi connectivity index (χ1v) is 15.6. The summed E-state index contributed by atoms with van der Waals surface area (Å²) >= 11 is 3.47. The second kappa shape index (κ2) is 15.5. The van der Waals surface area contributed by atoms with Crippen LogP contribution in [-0.2, 0) is 18.8 Å². The molecular formula is C30H43B2BrN2O10. The van der Waals surface area contributed by atoms with Crippen LogP contribution in [0.1, 0.15) is 78.7 Å². The van der Waals surface area contributed by atoms with Gasteiger partial charge in [-0.2, -0.15) is 0 Å². The second-order valence-electron chi connectivity index (χ2n) is 12.2. The lowest BCUT2D eigenvalue weighted by Crippen LogP contribution is -2.35. The quantitative estimate of drug-likeness (QED) is 0.303. The molecule has 0 saturated heterocycles. The molecule has 2 atom stereocenters. The molecular weight excluding hydrogens is 650 g/mol. The maximum atomic E-state index is 11.8. The predicted molar refractivity (Wildman–Crippen MR) is 174 cm³/mol. The van der Waals surface area contributed by atoms with E-state index < -0.39 is 49.8 Å². The van der Waals surface area contributed by atoms with Gasteiger partial charge < -0.3 is 48.9 Å². The van der Waals surface area contributed by atoms with Crippen LogP contribution in [0.2, 0.25) is 0 Å². The van der Waals surface area contributed by atoms with Crippen molar-refractivity contribution >= 4 is 53.3 Å². The van der Waals surface area contributed by atoms with E-state index in [9.17, 15) is 19.6 Å². The number of alkyl carbamates (subject to hydrolysis) is 2. The Kier molecular flexibility index (Phi) is 12.6. The highest BCUT2D eigenvalue weighted by atomic mass is 79.9. The van der Waals surface area contributed by atoms with Gasteiger partial charge in [0.05, 0.1) is 25.4 Å².